The van der Waals surface area contributed by atoms with E-state index in [4.69, 9.17) is 0 Å². The van der Waals surface area contributed by atoms with Gasteiger partial charge in [0, 0.05) is 38.4 Å². The molecule has 2 fully saturated rings. The standard InChI is InChI=1S/C19H29N3O/c1-15-6-5-9-18(16(15)2)21-10-12-22(13-11-21)19(23)20-14-17-7-3-4-8-17/h5-6,9,17H,3-4,7-8,10-14H2,1-2H3,(H,20,23). The number of carbonyl (C=O) groups is 1. The molecule has 3 rings (SSSR count). The maximum Gasteiger partial charge on any atom is 0.317 e. The molecule has 0 unspecified atom stereocenters. The molecule has 1 N–H and O–H groups in total. The van der Waals surface area contributed by atoms with Crippen LogP contribution in [0.5, 0.6) is 0 Å². The molecule has 2 amide bonds. The van der Waals surface area contributed by atoms with Gasteiger partial charge in [0.25, 0.3) is 0 Å². The third kappa shape index (κ3) is 3.80. The first-order valence-electron chi connectivity index (χ1n) is 8.99. The largest absolute Gasteiger partial charge is 0.368 e. The Labute approximate surface area is 139 Å². The molecule has 1 aromatic rings. The first-order valence-corrected chi connectivity index (χ1v) is 8.99. The molecule has 1 aromatic carbocycles. The number of benzene rings is 1. The van der Waals surface area contributed by atoms with E-state index < -0.39 is 0 Å². The number of urea groups is 1. The van der Waals surface area contributed by atoms with E-state index in [1.807, 2.05) is 4.90 Å². The zero-order valence-corrected chi connectivity index (χ0v) is 14.5. The van der Waals surface area contributed by atoms with E-state index in [0.717, 1.165) is 32.7 Å². The van der Waals surface area contributed by atoms with Crippen molar-refractivity contribution in [2.75, 3.05) is 37.6 Å². The van der Waals surface area contributed by atoms with Crippen LogP contribution in [0, 0.1) is 19.8 Å². The van der Waals surface area contributed by atoms with Crippen molar-refractivity contribution in [1.29, 1.82) is 0 Å². The Morgan fingerprint density at radius 1 is 1.13 bits per heavy atom. The summed E-state index contributed by atoms with van der Waals surface area (Å²) in [5.41, 5.74) is 4.00. The van der Waals surface area contributed by atoms with E-state index in [-0.39, 0.29) is 6.03 Å². The smallest absolute Gasteiger partial charge is 0.317 e. The van der Waals surface area contributed by atoms with E-state index >= 15 is 0 Å². The summed E-state index contributed by atoms with van der Waals surface area (Å²) in [6.45, 7) is 8.66. The highest BCUT2D eigenvalue weighted by atomic mass is 16.2. The average molecular weight is 315 g/mol. The second-order valence-corrected chi connectivity index (χ2v) is 7.03. The van der Waals surface area contributed by atoms with Gasteiger partial charge in [0.1, 0.15) is 0 Å². The summed E-state index contributed by atoms with van der Waals surface area (Å²) in [6, 6.07) is 6.60. The van der Waals surface area contributed by atoms with Crippen molar-refractivity contribution >= 4 is 11.7 Å². The molecule has 1 saturated carbocycles. The summed E-state index contributed by atoms with van der Waals surface area (Å²) in [5, 5.41) is 3.14. The van der Waals surface area contributed by atoms with E-state index in [0.29, 0.717) is 5.92 Å². The minimum Gasteiger partial charge on any atom is -0.368 e. The third-order valence-corrected chi connectivity index (χ3v) is 5.50. The summed E-state index contributed by atoms with van der Waals surface area (Å²) >= 11 is 0. The fraction of sp³-hybridized carbons (Fsp3) is 0.632. The predicted molar refractivity (Wildman–Crippen MR) is 95.1 cm³/mol. The summed E-state index contributed by atoms with van der Waals surface area (Å²) in [4.78, 5) is 16.7. The van der Waals surface area contributed by atoms with Crippen LogP contribution >= 0.6 is 0 Å². The lowest BCUT2D eigenvalue weighted by Gasteiger charge is -2.37. The van der Waals surface area contributed by atoms with Crippen molar-refractivity contribution in [2.24, 2.45) is 5.92 Å². The Bertz CT molecular complexity index is 544. The van der Waals surface area contributed by atoms with Gasteiger partial charge in [-0.2, -0.15) is 0 Å². The molecule has 0 radical (unpaired) electrons. The van der Waals surface area contributed by atoms with Gasteiger partial charge in [-0.15, -0.1) is 0 Å². The molecule has 4 heteroatoms. The van der Waals surface area contributed by atoms with Crippen LogP contribution in [0.4, 0.5) is 10.5 Å². The van der Waals surface area contributed by atoms with Gasteiger partial charge in [0.05, 0.1) is 0 Å². The molecule has 1 saturated heterocycles. The van der Waals surface area contributed by atoms with Gasteiger partial charge in [-0.3, -0.25) is 0 Å². The van der Waals surface area contributed by atoms with Gasteiger partial charge in [-0.1, -0.05) is 25.0 Å². The monoisotopic (exact) mass is 315 g/mol. The molecule has 0 atom stereocenters. The lowest BCUT2D eigenvalue weighted by molar-refractivity contribution is 0.192. The first kappa shape index (κ1) is 16.2. The zero-order valence-electron chi connectivity index (χ0n) is 14.5. The number of nitrogens with zero attached hydrogens (tertiary/aromatic N) is 2. The number of piperazine rings is 1. The van der Waals surface area contributed by atoms with E-state index in [1.165, 1.54) is 42.5 Å². The molecule has 0 bridgehead atoms. The summed E-state index contributed by atoms with van der Waals surface area (Å²) in [7, 11) is 0. The lowest BCUT2D eigenvalue weighted by Crippen LogP contribution is -2.52. The Morgan fingerprint density at radius 2 is 1.83 bits per heavy atom. The molecule has 4 nitrogen and oxygen atoms in total. The maximum absolute atomic E-state index is 12.3. The lowest BCUT2D eigenvalue weighted by atomic mass is 10.1. The van der Waals surface area contributed by atoms with Gasteiger partial charge in [-0.05, 0) is 49.8 Å². The molecular weight excluding hydrogens is 286 g/mol. The van der Waals surface area contributed by atoms with Crippen LogP contribution in [-0.2, 0) is 0 Å². The Balaban J connectivity index is 1.49. The average Bonchev–Trinajstić information content (AvgIpc) is 3.09. The van der Waals surface area contributed by atoms with Crippen LogP contribution in [0.1, 0.15) is 36.8 Å². The number of carbonyl (C=O) groups excluding carboxylic acids is 1. The van der Waals surface area contributed by atoms with Crippen molar-refractivity contribution in [3.05, 3.63) is 29.3 Å². The minimum atomic E-state index is 0.123. The number of aryl methyl sites for hydroxylation is 1. The Hall–Kier alpha value is -1.71. The van der Waals surface area contributed by atoms with E-state index in [1.54, 1.807) is 0 Å². The fourth-order valence-corrected chi connectivity index (χ4v) is 3.79. The third-order valence-electron chi connectivity index (χ3n) is 5.50. The summed E-state index contributed by atoms with van der Waals surface area (Å²) in [5.74, 6) is 0.704. The van der Waals surface area contributed by atoms with Crippen molar-refractivity contribution in [3.63, 3.8) is 0 Å². The van der Waals surface area contributed by atoms with Crippen LogP contribution < -0.4 is 10.2 Å². The number of hydrogen-bond acceptors (Lipinski definition) is 2. The van der Waals surface area contributed by atoms with Crippen molar-refractivity contribution in [1.82, 2.24) is 10.2 Å². The van der Waals surface area contributed by atoms with Crippen LogP contribution in [0.15, 0.2) is 18.2 Å². The number of hydrogen-bond donors (Lipinski definition) is 1. The topological polar surface area (TPSA) is 35.6 Å². The van der Waals surface area contributed by atoms with Gasteiger partial charge in [0.2, 0.25) is 0 Å². The Morgan fingerprint density at radius 3 is 2.52 bits per heavy atom. The summed E-state index contributed by atoms with van der Waals surface area (Å²) in [6.07, 6.45) is 5.21. The Kier molecular flexibility index (Phi) is 5.09. The maximum atomic E-state index is 12.3. The van der Waals surface area contributed by atoms with Crippen molar-refractivity contribution in [3.8, 4) is 0 Å². The molecule has 1 aliphatic carbocycles. The molecule has 0 spiro atoms. The minimum absolute atomic E-state index is 0.123. The van der Waals surface area contributed by atoms with Crippen LogP contribution in [0.25, 0.3) is 0 Å². The van der Waals surface area contributed by atoms with Gasteiger partial charge < -0.3 is 15.1 Å². The fourth-order valence-electron chi connectivity index (χ4n) is 3.79. The van der Waals surface area contributed by atoms with Gasteiger partial charge >= 0.3 is 6.03 Å². The number of anilines is 1. The predicted octanol–water partition coefficient (Wildman–Crippen LogP) is 3.33. The van der Waals surface area contributed by atoms with Crippen LogP contribution in [0.3, 0.4) is 0 Å². The van der Waals surface area contributed by atoms with Gasteiger partial charge in [-0.25, -0.2) is 4.79 Å². The molecule has 1 heterocycles. The van der Waals surface area contributed by atoms with Crippen LogP contribution in [0.2, 0.25) is 0 Å². The van der Waals surface area contributed by atoms with E-state index in [9.17, 15) is 4.79 Å². The zero-order chi connectivity index (χ0) is 16.2. The molecule has 0 aromatic heterocycles. The highest BCUT2D eigenvalue weighted by molar-refractivity contribution is 5.74. The SMILES string of the molecule is Cc1cccc(N2CCN(C(=O)NCC3CCCC3)CC2)c1C. The first-order chi connectivity index (χ1) is 11.1. The molecule has 2 aliphatic rings. The number of amides is 2. The second kappa shape index (κ2) is 7.24. The van der Waals surface area contributed by atoms with E-state index in [2.05, 4.69) is 42.3 Å². The van der Waals surface area contributed by atoms with Gasteiger partial charge in [0.15, 0.2) is 0 Å². The normalized spacial score (nSPS) is 19.2. The summed E-state index contributed by atoms with van der Waals surface area (Å²) < 4.78 is 0. The van der Waals surface area contributed by atoms with Crippen molar-refractivity contribution < 1.29 is 4.79 Å². The van der Waals surface area contributed by atoms with Crippen LogP contribution in [-0.4, -0.2) is 43.7 Å². The highest BCUT2D eigenvalue weighted by Crippen LogP contribution is 2.25. The second-order valence-electron chi connectivity index (χ2n) is 7.03. The molecule has 126 valence electrons. The highest BCUT2D eigenvalue weighted by Gasteiger charge is 2.23. The van der Waals surface area contributed by atoms with Crippen molar-refractivity contribution in [2.45, 2.75) is 39.5 Å². The molecule has 23 heavy (non-hydrogen) atoms. The number of rotatable bonds is 3. The molecular formula is C19H29N3O. The molecule has 1 aliphatic heterocycles. The quantitative estimate of drug-likeness (QED) is 0.929. The number of nitrogens with one attached hydrogen (secondary N) is 1.